The van der Waals surface area contributed by atoms with Crippen molar-refractivity contribution in [1.29, 1.82) is 0 Å². The smallest absolute Gasteiger partial charge is 0.308 e. The van der Waals surface area contributed by atoms with E-state index >= 15 is 0 Å². The molecule has 1 atom stereocenters. The number of hydrogen-bond acceptors (Lipinski definition) is 2. The Morgan fingerprint density at radius 2 is 2.11 bits per heavy atom. The monoisotopic (exact) mass is 263 g/mol. The molecule has 0 aliphatic heterocycles. The van der Waals surface area contributed by atoms with Crippen molar-refractivity contribution in [3.63, 3.8) is 0 Å². The topological polar surface area (TPSA) is 40.5 Å². The summed E-state index contributed by atoms with van der Waals surface area (Å²) in [4.78, 5) is 13.2. The maximum absolute atomic E-state index is 11.0. The van der Waals surface area contributed by atoms with Crippen LogP contribution in [0.4, 0.5) is 5.69 Å². The van der Waals surface area contributed by atoms with Crippen molar-refractivity contribution in [2.24, 2.45) is 5.92 Å². The van der Waals surface area contributed by atoms with Gasteiger partial charge in [-0.25, -0.2) is 0 Å². The molecule has 1 aromatic carbocycles. The van der Waals surface area contributed by atoms with Gasteiger partial charge in [-0.05, 0) is 31.0 Å². The third-order valence-electron chi connectivity index (χ3n) is 3.31. The Hall–Kier alpha value is -1.51. The molecular weight excluding hydrogens is 238 g/mol. The molecule has 0 saturated heterocycles. The van der Waals surface area contributed by atoms with Gasteiger partial charge in [0.15, 0.2) is 0 Å². The van der Waals surface area contributed by atoms with E-state index in [1.165, 1.54) is 18.4 Å². The molecule has 1 aromatic rings. The number of carbonyl (C=O) groups is 1. The van der Waals surface area contributed by atoms with Gasteiger partial charge in [0.05, 0.1) is 5.92 Å². The minimum atomic E-state index is -0.729. The lowest BCUT2D eigenvalue weighted by molar-refractivity contribution is -0.140. The van der Waals surface area contributed by atoms with E-state index in [4.69, 9.17) is 5.11 Å². The molecule has 0 radical (unpaired) electrons. The maximum atomic E-state index is 11.0. The van der Waals surface area contributed by atoms with E-state index in [0.717, 1.165) is 18.7 Å². The van der Waals surface area contributed by atoms with E-state index in [9.17, 15) is 4.79 Å². The zero-order chi connectivity index (χ0) is 14.3. The number of hydrogen-bond donors (Lipinski definition) is 1. The van der Waals surface area contributed by atoms with Gasteiger partial charge in [-0.3, -0.25) is 4.79 Å². The molecule has 3 heteroatoms. The van der Waals surface area contributed by atoms with Crippen molar-refractivity contribution >= 4 is 11.7 Å². The van der Waals surface area contributed by atoms with Crippen LogP contribution < -0.4 is 4.90 Å². The molecule has 1 unspecified atom stereocenters. The Balaban J connectivity index is 2.76. The SMILES string of the molecule is CCCCCN(CC(C)C(=O)O)c1cccc(C)c1. The predicted molar refractivity (Wildman–Crippen MR) is 79.7 cm³/mol. The first-order chi connectivity index (χ1) is 9.04. The fraction of sp³-hybridized carbons (Fsp3) is 0.562. The Labute approximate surface area is 116 Å². The van der Waals surface area contributed by atoms with E-state index in [-0.39, 0.29) is 5.92 Å². The normalized spacial score (nSPS) is 12.2. The lowest BCUT2D eigenvalue weighted by Gasteiger charge is -2.27. The highest BCUT2D eigenvalue weighted by atomic mass is 16.4. The van der Waals surface area contributed by atoms with Crippen LogP contribution in [-0.4, -0.2) is 24.2 Å². The zero-order valence-electron chi connectivity index (χ0n) is 12.2. The fourth-order valence-corrected chi connectivity index (χ4v) is 2.11. The van der Waals surface area contributed by atoms with Crippen LogP contribution in [0.5, 0.6) is 0 Å². The minimum Gasteiger partial charge on any atom is -0.481 e. The highest BCUT2D eigenvalue weighted by Crippen LogP contribution is 2.18. The second-order valence-electron chi connectivity index (χ2n) is 5.23. The maximum Gasteiger partial charge on any atom is 0.308 e. The van der Waals surface area contributed by atoms with Crippen molar-refractivity contribution in [2.45, 2.75) is 40.0 Å². The Morgan fingerprint density at radius 1 is 1.37 bits per heavy atom. The molecule has 19 heavy (non-hydrogen) atoms. The number of rotatable bonds is 8. The van der Waals surface area contributed by atoms with Gasteiger partial charge in [0, 0.05) is 18.8 Å². The molecular formula is C16H25NO2. The van der Waals surface area contributed by atoms with E-state index in [0.29, 0.717) is 6.54 Å². The van der Waals surface area contributed by atoms with Crippen LogP contribution >= 0.6 is 0 Å². The van der Waals surface area contributed by atoms with Crippen LogP contribution in [0.15, 0.2) is 24.3 Å². The largest absolute Gasteiger partial charge is 0.481 e. The summed E-state index contributed by atoms with van der Waals surface area (Å²) in [7, 11) is 0. The number of benzene rings is 1. The number of aryl methyl sites for hydroxylation is 1. The van der Waals surface area contributed by atoms with E-state index in [1.54, 1.807) is 6.92 Å². The Kier molecular flexibility index (Phi) is 6.40. The van der Waals surface area contributed by atoms with Crippen molar-refractivity contribution in [1.82, 2.24) is 0 Å². The first-order valence-electron chi connectivity index (χ1n) is 7.09. The number of nitrogens with zero attached hydrogens (tertiary/aromatic N) is 1. The highest BCUT2D eigenvalue weighted by Gasteiger charge is 2.16. The molecule has 0 amide bonds. The zero-order valence-corrected chi connectivity index (χ0v) is 12.2. The van der Waals surface area contributed by atoms with Crippen LogP contribution in [-0.2, 0) is 4.79 Å². The Morgan fingerprint density at radius 3 is 2.68 bits per heavy atom. The number of carboxylic acid groups (broad SMARTS) is 1. The van der Waals surface area contributed by atoms with Gasteiger partial charge in [-0.2, -0.15) is 0 Å². The first kappa shape index (κ1) is 15.5. The van der Waals surface area contributed by atoms with Crippen molar-refractivity contribution in [2.75, 3.05) is 18.0 Å². The Bertz CT molecular complexity index is 403. The summed E-state index contributed by atoms with van der Waals surface area (Å²) in [6.45, 7) is 7.51. The lowest BCUT2D eigenvalue weighted by Crippen LogP contribution is -2.32. The van der Waals surface area contributed by atoms with Gasteiger partial charge in [0.1, 0.15) is 0 Å². The van der Waals surface area contributed by atoms with Gasteiger partial charge in [0.2, 0.25) is 0 Å². The van der Waals surface area contributed by atoms with Gasteiger partial charge < -0.3 is 10.0 Å². The summed E-state index contributed by atoms with van der Waals surface area (Å²) in [6, 6.07) is 8.28. The van der Waals surface area contributed by atoms with Crippen molar-refractivity contribution < 1.29 is 9.90 Å². The van der Waals surface area contributed by atoms with Gasteiger partial charge in [0.25, 0.3) is 0 Å². The van der Waals surface area contributed by atoms with Crippen LogP contribution in [0.1, 0.15) is 38.7 Å². The van der Waals surface area contributed by atoms with Gasteiger partial charge >= 0.3 is 5.97 Å². The number of carboxylic acids is 1. The average molecular weight is 263 g/mol. The van der Waals surface area contributed by atoms with E-state index < -0.39 is 5.97 Å². The number of aliphatic carboxylic acids is 1. The molecule has 0 bridgehead atoms. The number of unbranched alkanes of at least 4 members (excludes halogenated alkanes) is 2. The second-order valence-corrected chi connectivity index (χ2v) is 5.23. The molecule has 106 valence electrons. The van der Waals surface area contributed by atoms with Gasteiger partial charge in [-0.15, -0.1) is 0 Å². The molecule has 0 aromatic heterocycles. The quantitative estimate of drug-likeness (QED) is 0.727. The average Bonchev–Trinajstić information content (AvgIpc) is 2.37. The molecule has 0 aliphatic rings. The summed E-state index contributed by atoms with van der Waals surface area (Å²) < 4.78 is 0. The molecule has 0 aliphatic carbocycles. The molecule has 0 fully saturated rings. The van der Waals surface area contributed by atoms with E-state index in [2.05, 4.69) is 36.9 Å². The first-order valence-corrected chi connectivity index (χ1v) is 7.09. The predicted octanol–water partition coefficient (Wildman–Crippen LogP) is 3.71. The summed E-state index contributed by atoms with van der Waals surface area (Å²) in [5.74, 6) is -1.07. The van der Waals surface area contributed by atoms with E-state index in [1.807, 2.05) is 6.07 Å². The molecule has 0 spiro atoms. The highest BCUT2D eigenvalue weighted by molar-refractivity contribution is 5.70. The molecule has 0 saturated carbocycles. The molecule has 0 heterocycles. The summed E-state index contributed by atoms with van der Waals surface area (Å²) in [5.41, 5.74) is 2.34. The van der Waals surface area contributed by atoms with Crippen molar-refractivity contribution in [3.8, 4) is 0 Å². The molecule has 1 N–H and O–H groups in total. The van der Waals surface area contributed by atoms with Crippen LogP contribution in [0, 0.1) is 12.8 Å². The number of anilines is 1. The molecule has 3 nitrogen and oxygen atoms in total. The summed E-state index contributed by atoms with van der Waals surface area (Å²) >= 11 is 0. The lowest BCUT2D eigenvalue weighted by atomic mass is 10.1. The summed E-state index contributed by atoms with van der Waals surface area (Å²) in [5, 5.41) is 9.08. The second kappa shape index (κ2) is 7.82. The summed E-state index contributed by atoms with van der Waals surface area (Å²) in [6.07, 6.45) is 3.47. The third kappa shape index (κ3) is 5.33. The van der Waals surface area contributed by atoms with Crippen LogP contribution in [0.3, 0.4) is 0 Å². The van der Waals surface area contributed by atoms with Gasteiger partial charge in [-0.1, -0.05) is 38.8 Å². The minimum absolute atomic E-state index is 0.345. The molecule has 1 rings (SSSR count). The van der Waals surface area contributed by atoms with Crippen LogP contribution in [0.2, 0.25) is 0 Å². The fourth-order valence-electron chi connectivity index (χ4n) is 2.11. The van der Waals surface area contributed by atoms with Crippen molar-refractivity contribution in [3.05, 3.63) is 29.8 Å². The van der Waals surface area contributed by atoms with Crippen LogP contribution in [0.25, 0.3) is 0 Å². The third-order valence-corrected chi connectivity index (χ3v) is 3.31. The standard InChI is InChI=1S/C16H25NO2/c1-4-5-6-10-17(12-14(3)16(18)19)15-9-7-8-13(2)11-15/h7-9,11,14H,4-6,10,12H2,1-3H3,(H,18,19).